The predicted molar refractivity (Wildman–Crippen MR) is 187 cm³/mol. The fraction of sp³-hybridized carbons (Fsp3) is 0.444. The van der Waals surface area contributed by atoms with Crippen molar-refractivity contribution in [2.24, 2.45) is 0 Å². The van der Waals surface area contributed by atoms with Gasteiger partial charge in [-0.3, -0.25) is 9.78 Å². The van der Waals surface area contributed by atoms with Crippen molar-refractivity contribution in [3.63, 3.8) is 0 Å². The number of halogens is 1. The number of anilines is 1. The Labute approximate surface area is 296 Å². The molecule has 6 rings (SSSR count). The van der Waals surface area contributed by atoms with Gasteiger partial charge < -0.3 is 29.3 Å². The molecular formula is C36H41ClN8O5. The average molecular weight is 701 g/mol. The Kier molecular flexibility index (Phi) is 9.87. The van der Waals surface area contributed by atoms with Gasteiger partial charge in [-0.1, -0.05) is 23.7 Å². The standard InChI is InChI=1S/C36H41ClN8O5/c1-23-7-6-8-28(37)31(23)33(46)42-36(5)9-11-43(12-10-36)30-19-39-29(18-40-30)27-15-25(21-45-32(27)24(16-38)17-41-45)49-22-26-20-44(13-14-48-26)34(47)50-35(2,3)4/h6-8,15,17-19,21,26H,9-14,20,22H2,1-5H3,(H,42,46)/t26-/m1/s1. The Morgan fingerprint density at radius 2 is 1.94 bits per heavy atom. The smallest absolute Gasteiger partial charge is 0.410 e. The van der Waals surface area contributed by atoms with Crippen molar-refractivity contribution in [3.05, 3.63) is 70.8 Å². The van der Waals surface area contributed by atoms with Gasteiger partial charge in [0.15, 0.2) is 0 Å². The lowest BCUT2D eigenvalue weighted by molar-refractivity contribution is -0.0557. The third-order valence-electron chi connectivity index (χ3n) is 8.90. The minimum absolute atomic E-state index is 0.170. The lowest BCUT2D eigenvalue weighted by Gasteiger charge is -2.40. The van der Waals surface area contributed by atoms with Crippen molar-refractivity contribution in [3.8, 4) is 23.1 Å². The molecule has 0 saturated carbocycles. The molecule has 2 fully saturated rings. The average Bonchev–Trinajstić information content (AvgIpc) is 3.50. The highest BCUT2D eigenvalue weighted by Crippen LogP contribution is 2.32. The van der Waals surface area contributed by atoms with E-state index in [4.69, 9.17) is 35.8 Å². The monoisotopic (exact) mass is 700 g/mol. The maximum atomic E-state index is 13.1. The van der Waals surface area contributed by atoms with Crippen molar-refractivity contribution >= 4 is 34.9 Å². The van der Waals surface area contributed by atoms with Gasteiger partial charge in [0.05, 0.1) is 65.3 Å². The lowest BCUT2D eigenvalue weighted by atomic mass is 9.89. The molecule has 2 amide bonds. The number of nitriles is 1. The van der Waals surface area contributed by atoms with E-state index in [2.05, 4.69) is 28.3 Å². The van der Waals surface area contributed by atoms with Gasteiger partial charge >= 0.3 is 6.09 Å². The number of benzene rings is 1. The molecule has 2 aliphatic rings. The van der Waals surface area contributed by atoms with Crippen molar-refractivity contribution < 1.29 is 23.8 Å². The van der Waals surface area contributed by atoms with Gasteiger partial charge in [0.1, 0.15) is 35.9 Å². The lowest BCUT2D eigenvalue weighted by Crippen LogP contribution is -2.53. The van der Waals surface area contributed by atoms with Crippen LogP contribution < -0.4 is 15.0 Å². The summed E-state index contributed by atoms with van der Waals surface area (Å²) in [4.78, 5) is 39.0. The van der Waals surface area contributed by atoms with Crippen LogP contribution in [0.25, 0.3) is 16.8 Å². The second-order valence-corrected chi connectivity index (χ2v) is 14.4. The van der Waals surface area contributed by atoms with Crippen LogP contribution in [0.1, 0.15) is 62.0 Å². The molecule has 1 N–H and O–H groups in total. The summed E-state index contributed by atoms with van der Waals surface area (Å²) in [6.07, 6.45) is 7.29. The molecule has 5 heterocycles. The summed E-state index contributed by atoms with van der Waals surface area (Å²) >= 11 is 6.34. The van der Waals surface area contributed by atoms with Crippen molar-refractivity contribution in [1.82, 2.24) is 29.8 Å². The van der Waals surface area contributed by atoms with E-state index in [1.165, 1.54) is 6.20 Å². The van der Waals surface area contributed by atoms with Crippen LogP contribution in [0.3, 0.4) is 0 Å². The summed E-state index contributed by atoms with van der Waals surface area (Å²) in [5, 5.41) is 17.8. The summed E-state index contributed by atoms with van der Waals surface area (Å²) in [5.41, 5.74) is 2.53. The Hall–Kier alpha value is -4.93. The third-order valence-corrected chi connectivity index (χ3v) is 9.22. The number of morpholine rings is 1. The van der Waals surface area contributed by atoms with Gasteiger partial charge in [-0.2, -0.15) is 10.4 Å². The molecule has 0 unspecified atom stereocenters. The fourth-order valence-corrected chi connectivity index (χ4v) is 6.50. The normalized spacial score (nSPS) is 17.7. The molecule has 1 aromatic carbocycles. The van der Waals surface area contributed by atoms with Crippen molar-refractivity contribution in [2.45, 2.75) is 64.7 Å². The van der Waals surface area contributed by atoms with Crippen LogP contribution in [-0.4, -0.2) is 93.1 Å². The number of ether oxygens (including phenoxy) is 3. The summed E-state index contributed by atoms with van der Waals surface area (Å²) < 4.78 is 19.1. The zero-order valence-electron chi connectivity index (χ0n) is 28.9. The first kappa shape index (κ1) is 34.9. The number of pyridine rings is 1. The zero-order chi connectivity index (χ0) is 35.6. The largest absolute Gasteiger partial charge is 0.489 e. The number of piperidine rings is 1. The van der Waals surface area contributed by atoms with Crippen LogP contribution in [0.5, 0.6) is 5.75 Å². The molecule has 2 saturated heterocycles. The van der Waals surface area contributed by atoms with E-state index >= 15 is 0 Å². The van der Waals surface area contributed by atoms with Crippen LogP contribution in [0.15, 0.2) is 49.1 Å². The van der Waals surface area contributed by atoms with E-state index < -0.39 is 11.1 Å². The molecule has 0 radical (unpaired) electrons. The number of aromatic nitrogens is 4. The third kappa shape index (κ3) is 7.77. The van der Waals surface area contributed by atoms with Crippen molar-refractivity contribution in [2.75, 3.05) is 44.3 Å². The predicted octanol–water partition coefficient (Wildman–Crippen LogP) is 5.43. The van der Waals surface area contributed by atoms with Crippen LogP contribution >= 0.6 is 11.6 Å². The quantitative estimate of drug-likeness (QED) is 0.265. The molecule has 262 valence electrons. The Balaban J connectivity index is 1.13. The summed E-state index contributed by atoms with van der Waals surface area (Å²) in [5.74, 6) is 1.04. The number of aryl methyl sites for hydroxylation is 1. The highest BCUT2D eigenvalue weighted by Gasteiger charge is 2.33. The molecule has 4 aromatic rings. The van der Waals surface area contributed by atoms with Gasteiger partial charge in [-0.15, -0.1) is 0 Å². The molecule has 3 aromatic heterocycles. The summed E-state index contributed by atoms with van der Waals surface area (Å²) in [6, 6.07) is 9.47. The van der Waals surface area contributed by atoms with E-state index in [0.717, 1.165) is 5.56 Å². The van der Waals surface area contributed by atoms with Gasteiger partial charge in [0, 0.05) is 30.7 Å². The maximum Gasteiger partial charge on any atom is 0.410 e. The van der Waals surface area contributed by atoms with E-state index in [9.17, 15) is 14.9 Å². The minimum atomic E-state index is -0.591. The van der Waals surface area contributed by atoms with Crippen LogP contribution in [0.4, 0.5) is 10.6 Å². The number of carbonyl (C=O) groups excluding carboxylic acids is 2. The molecule has 14 heteroatoms. The molecule has 2 aliphatic heterocycles. The van der Waals surface area contributed by atoms with Gasteiger partial charge in [-0.25, -0.2) is 14.3 Å². The number of nitrogens with zero attached hydrogens (tertiary/aromatic N) is 7. The minimum Gasteiger partial charge on any atom is -0.489 e. The number of fused-ring (bicyclic) bond motifs is 1. The van der Waals surface area contributed by atoms with Crippen LogP contribution in [0.2, 0.25) is 5.02 Å². The molecular weight excluding hydrogens is 660 g/mol. The fourth-order valence-electron chi connectivity index (χ4n) is 6.19. The summed E-state index contributed by atoms with van der Waals surface area (Å²) in [6.45, 7) is 12.1. The first-order chi connectivity index (χ1) is 23.8. The highest BCUT2D eigenvalue weighted by molar-refractivity contribution is 6.34. The van der Waals surface area contributed by atoms with Gasteiger partial charge in [0.25, 0.3) is 5.91 Å². The number of hydrogen-bond acceptors (Lipinski definition) is 10. The van der Waals surface area contributed by atoms with E-state index in [-0.39, 0.29) is 24.7 Å². The Morgan fingerprint density at radius 1 is 1.16 bits per heavy atom. The van der Waals surface area contributed by atoms with E-state index in [0.29, 0.717) is 90.1 Å². The second-order valence-electron chi connectivity index (χ2n) is 14.0. The van der Waals surface area contributed by atoms with Crippen LogP contribution in [-0.2, 0) is 9.47 Å². The van der Waals surface area contributed by atoms with E-state index in [1.807, 2.05) is 45.9 Å². The number of carbonyl (C=O) groups is 2. The Bertz CT molecular complexity index is 1910. The number of amides is 2. The Morgan fingerprint density at radius 3 is 2.62 bits per heavy atom. The number of rotatable bonds is 7. The first-order valence-corrected chi connectivity index (χ1v) is 17.0. The molecule has 50 heavy (non-hydrogen) atoms. The van der Waals surface area contributed by atoms with E-state index in [1.54, 1.807) is 34.1 Å². The highest BCUT2D eigenvalue weighted by atomic mass is 35.5. The topological polar surface area (TPSA) is 147 Å². The molecule has 1 atom stereocenters. The first-order valence-electron chi connectivity index (χ1n) is 16.6. The maximum absolute atomic E-state index is 13.1. The van der Waals surface area contributed by atoms with Gasteiger partial charge in [0.2, 0.25) is 0 Å². The molecule has 0 aliphatic carbocycles. The van der Waals surface area contributed by atoms with Crippen molar-refractivity contribution in [1.29, 1.82) is 5.26 Å². The number of nitrogens with one attached hydrogen (secondary N) is 1. The molecule has 0 bridgehead atoms. The number of hydrogen-bond donors (Lipinski definition) is 1. The molecule has 13 nitrogen and oxygen atoms in total. The SMILES string of the molecule is Cc1cccc(Cl)c1C(=O)NC1(C)CCN(c2cnc(-c3cc(OC[C@H]4CN(C(=O)OC(C)(C)C)CCO4)cn4ncc(C#N)c34)cn2)CC1. The van der Waals surface area contributed by atoms with Gasteiger partial charge in [-0.05, 0) is 65.2 Å². The van der Waals surface area contributed by atoms with Crippen LogP contribution in [0, 0.1) is 18.3 Å². The molecule has 0 spiro atoms. The zero-order valence-corrected chi connectivity index (χ0v) is 29.7. The summed E-state index contributed by atoms with van der Waals surface area (Å²) in [7, 11) is 0. The second kappa shape index (κ2) is 14.1.